The van der Waals surface area contributed by atoms with Gasteiger partial charge in [0, 0.05) is 12.8 Å². The largest absolute Gasteiger partial charge is 0.398 e. The molecule has 98 valence electrons. The molecule has 0 radical (unpaired) electrons. The fourth-order valence-corrected chi connectivity index (χ4v) is 2.49. The number of nitrogens with one attached hydrogen (secondary N) is 1. The predicted molar refractivity (Wildman–Crippen MR) is 71.5 cm³/mol. The summed E-state index contributed by atoms with van der Waals surface area (Å²) in [6.07, 6.45) is 3.19. The van der Waals surface area contributed by atoms with E-state index in [1.807, 2.05) is 19.1 Å². The molecule has 0 bridgehead atoms. The number of nitrogens with two attached hydrogens (primary N) is 1. The summed E-state index contributed by atoms with van der Waals surface area (Å²) in [7, 11) is 1.69. The number of anilines is 1. The maximum atomic E-state index is 12.2. The average molecular weight is 248 g/mol. The average Bonchev–Trinajstić information content (AvgIpc) is 2.79. The summed E-state index contributed by atoms with van der Waals surface area (Å²) in [5, 5.41) is 3.02. The van der Waals surface area contributed by atoms with Crippen molar-refractivity contribution in [3.8, 4) is 0 Å². The van der Waals surface area contributed by atoms with E-state index in [0.717, 1.165) is 24.8 Å². The Bertz CT molecular complexity index is 445. The molecule has 1 saturated carbocycles. The number of carbonyl (C=O) groups excluding carboxylic acids is 1. The first-order valence-electron chi connectivity index (χ1n) is 6.31. The molecule has 1 aliphatic carbocycles. The van der Waals surface area contributed by atoms with Gasteiger partial charge in [0.05, 0.1) is 17.7 Å². The van der Waals surface area contributed by atoms with Crippen molar-refractivity contribution in [1.29, 1.82) is 0 Å². The van der Waals surface area contributed by atoms with Crippen molar-refractivity contribution in [1.82, 2.24) is 5.32 Å². The maximum absolute atomic E-state index is 12.2. The third-order valence-corrected chi connectivity index (χ3v) is 3.53. The monoisotopic (exact) mass is 248 g/mol. The highest BCUT2D eigenvalue weighted by Crippen LogP contribution is 2.22. The van der Waals surface area contributed by atoms with E-state index >= 15 is 0 Å². The van der Waals surface area contributed by atoms with Crippen molar-refractivity contribution in [2.75, 3.05) is 12.8 Å². The molecule has 2 atom stereocenters. The molecule has 0 saturated heterocycles. The maximum Gasteiger partial charge on any atom is 0.253 e. The Kier molecular flexibility index (Phi) is 3.87. The molecule has 18 heavy (non-hydrogen) atoms. The lowest BCUT2D eigenvalue weighted by atomic mass is 10.1. The quantitative estimate of drug-likeness (QED) is 0.803. The second-order valence-corrected chi connectivity index (χ2v) is 4.88. The van der Waals surface area contributed by atoms with Gasteiger partial charge in [-0.05, 0) is 38.3 Å². The smallest absolute Gasteiger partial charge is 0.253 e. The zero-order chi connectivity index (χ0) is 13.1. The molecule has 1 fully saturated rings. The van der Waals surface area contributed by atoms with Gasteiger partial charge in [-0.15, -0.1) is 0 Å². The zero-order valence-corrected chi connectivity index (χ0v) is 10.9. The molecule has 0 aliphatic heterocycles. The first kappa shape index (κ1) is 12.9. The Morgan fingerprint density at radius 3 is 2.94 bits per heavy atom. The molecule has 0 aromatic heterocycles. The standard InChI is InChI=1S/C14H20N2O2/c1-9-6-7-11(15)10(8-9)14(17)16-12-4-3-5-13(12)18-2/h6-8,12-13H,3-5,15H2,1-2H3,(H,16,17). The van der Waals surface area contributed by atoms with E-state index in [1.54, 1.807) is 13.2 Å². The van der Waals surface area contributed by atoms with Crippen LogP contribution in [0, 0.1) is 6.92 Å². The molecule has 1 aromatic carbocycles. The number of hydrogen-bond donors (Lipinski definition) is 2. The van der Waals surface area contributed by atoms with Crippen molar-refractivity contribution >= 4 is 11.6 Å². The minimum absolute atomic E-state index is 0.0995. The highest BCUT2D eigenvalue weighted by atomic mass is 16.5. The second-order valence-electron chi connectivity index (χ2n) is 4.88. The fraction of sp³-hybridized carbons (Fsp3) is 0.500. The van der Waals surface area contributed by atoms with E-state index in [2.05, 4.69) is 5.32 Å². The number of hydrogen-bond acceptors (Lipinski definition) is 3. The van der Waals surface area contributed by atoms with Gasteiger partial charge < -0.3 is 15.8 Å². The molecule has 0 heterocycles. The number of benzene rings is 1. The van der Waals surface area contributed by atoms with Gasteiger partial charge in [0.15, 0.2) is 0 Å². The van der Waals surface area contributed by atoms with Crippen LogP contribution in [0.15, 0.2) is 18.2 Å². The van der Waals surface area contributed by atoms with Gasteiger partial charge >= 0.3 is 0 Å². The molecular formula is C14H20N2O2. The summed E-state index contributed by atoms with van der Waals surface area (Å²) >= 11 is 0. The Balaban J connectivity index is 2.09. The molecule has 4 nitrogen and oxygen atoms in total. The van der Waals surface area contributed by atoms with Crippen LogP contribution in [0.2, 0.25) is 0 Å². The number of amides is 1. The van der Waals surface area contributed by atoms with Crippen LogP contribution >= 0.6 is 0 Å². The van der Waals surface area contributed by atoms with Crippen LogP contribution < -0.4 is 11.1 Å². The number of carbonyl (C=O) groups is 1. The molecule has 4 heteroatoms. The summed E-state index contributed by atoms with van der Waals surface area (Å²) < 4.78 is 5.37. The lowest BCUT2D eigenvalue weighted by Crippen LogP contribution is -2.40. The van der Waals surface area contributed by atoms with Gasteiger partial charge in [-0.3, -0.25) is 4.79 Å². The van der Waals surface area contributed by atoms with Crippen LogP contribution in [0.25, 0.3) is 0 Å². The van der Waals surface area contributed by atoms with Crippen LogP contribution in [0.3, 0.4) is 0 Å². The topological polar surface area (TPSA) is 64.3 Å². The van der Waals surface area contributed by atoms with E-state index in [9.17, 15) is 4.79 Å². The van der Waals surface area contributed by atoms with Crippen molar-refractivity contribution in [2.24, 2.45) is 0 Å². The molecule has 2 rings (SSSR count). The summed E-state index contributed by atoms with van der Waals surface area (Å²) in [5.41, 5.74) is 7.94. The zero-order valence-electron chi connectivity index (χ0n) is 10.9. The van der Waals surface area contributed by atoms with Crippen LogP contribution in [0.4, 0.5) is 5.69 Å². The van der Waals surface area contributed by atoms with Crippen molar-refractivity contribution in [3.05, 3.63) is 29.3 Å². The normalized spacial score (nSPS) is 23.0. The van der Waals surface area contributed by atoms with Gasteiger partial charge in [-0.25, -0.2) is 0 Å². The van der Waals surface area contributed by atoms with Gasteiger partial charge in [-0.1, -0.05) is 11.6 Å². The minimum Gasteiger partial charge on any atom is -0.398 e. The fourth-order valence-electron chi connectivity index (χ4n) is 2.49. The first-order valence-corrected chi connectivity index (χ1v) is 6.31. The van der Waals surface area contributed by atoms with E-state index < -0.39 is 0 Å². The molecule has 0 spiro atoms. The Morgan fingerprint density at radius 2 is 2.22 bits per heavy atom. The number of rotatable bonds is 3. The Labute approximate surface area is 108 Å². The highest BCUT2D eigenvalue weighted by Gasteiger charge is 2.28. The van der Waals surface area contributed by atoms with Crippen LogP contribution in [0.1, 0.15) is 35.2 Å². The molecule has 1 aliphatic rings. The third kappa shape index (κ3) is 2.64. The first-order chi connectivity index (χ1) is 8.61. The summed E-state index contributed by atoms with van der Waals surface area (Å²) in [5.74, 6) is -0.106. The third-order valence-electron chi connectivity index (χ3n) is 3.53. The van der Waals surface area contributed by atoms with Crippen LogP contribution in [-0.2, 0) is 4.74 Å². The van der Waals surface area contributed by atoms with E-state index in [-0.39, 0.29) is 18.1 Å². The summed E-state index contributed by atoms with van der Waals surface area (Å²) in [4.78, 5) is 12.2. The van der Waals surface area contributed by atoms with Crippen molar-refractivity contribution < 1.29 is 9.53 Å². The Hall–Kier alpha value is -1.55. The Morgan fingerprint density at radius 1 is 1.44 bits per heavy atom. The molecule has 1 amide bonds. The second kappa shape index (κ2) is 5.40. The number of nitrogen functional groups attached to an aromatic ring is 1. The lowest BCUT2D eigenvalue weighted by Gasteiger charge is -2.20. The van der Waals surface area contributed by atoms with Gasteiger partial charge in [0.2, 0.25) is 0 Å². The van der Waals surface area contributed by atoms with Crippen LogP contribution in [0.5, 0.6) is 0 Å². The van der Waals surface area contributed by atoms with Crippen molar-refractivity contribution in [3.63, 3.8) is 0 Å². The SMILES string of the molecule is COC1CCCC1NC(=O)c1cc(C)ccc1N. The van der Waals surface area contributed by atoms with Gasteiger partial charge in [-0.2, -0.15) is 0 Å². The van der Waals surface area contributed by atoms with Gasteiger partial charge in [0.25, 0.3) is 5.91 Å². The summed E-state index contributed by atoms with van der Waals surface area (Å²) in [6, 6.07) is 5.59. The predicted octanol–water partition coefficient (Wildman–Crippen LogP) is 1.87. The van der Waals surface area contributed by atoms with Crippen molar-refractivity contribution in [2.45, 2.75) is 38.3 Å². The highest BCUT2D eigenvalue weighted by molar-refractivity contribution is 5.99. The molecule has 1 aromatic rings. The minimum atomic E-state index is -0.106. The summed E-state index contributed by atoms with van der Waals surface area (Å²) in [6.45, 7) is 1.95. The molecule has 3 N–H and O–H groups in total. The van der Waals surface area contributed by atoms with Crippen LogP contribution in [-0.4, -0.2) is 25.2 Å². The number of methoxy groups -OCH3 is 1. The van der Waals surface area contributed by atoms with E-state index in [4.69, 9.17) is 10.5 Å². The number of ether oxygens (including phenoxy) is 1. The lowest BCUT2D eigenvalue weighted by molar-refractivity contribution is 0.0722. The molecule has 2 unspecified atom stereocenters. The van der Waals surface area contributed by atoms with Gasteiger partial charge in [0.1, 0.15) is 0 Å². The van der Waals surface area contributed by atoms with E-state index in [0.29, 0.717) is 11.3 Å². The van der Waals surface area contributed by atoms with E-state index in [1.165, 1.54) is 0 Å². The number of aryl methyl sites for hydroxylation is 1. The molecular weight excluding hydrogens is 228 g/mol.